The van der Waals surface area contributed by atoms with Crippen LogP contribution in [0, 0.1) is 58.8 Å². The van der Waals surface area contributed by atoms with Gasteiger partial charge in [0.2, 0.25) is 10.8 Å². The normalized spacial score (nSPS) is 48.6. The molecule has 1 unspecified atom stereocenters. The molecule has 11 nitrogen and oxygen atoms in total. The van der Waals surface area contributed by atoms with E-state index < -0.39 is 0 Å². The molecule has 12 aliphatic carbocycles. The van der Waals surface area contributed by atoms with Crippen LogP contribution < -0.4 is 10.2 Å². The number of aliphatic imine (C=N–C) groups is 1. The first-order valence-corrected chi connectivity index (χ1v) is 21.9. The van der Waals surface area contributed by atoms with Gasteiger partial charge in [0.1, 0.15) is 35.6 Å². The second-order valence-electron chi connectivity index (χ2n) is 19.9. The molecule has 0 aromatic heterocycles. The summed E-state index contributed by atoms with van der Waals surface area (Å²) in [6, 6.07) is 0. The molecule has 12 saturated carbocycles. The van der Waals surface area contributed by atoms with Crippen molar-refractivity contribution in [3.63, 3.8) is 0 Å². The Morgan fingerprint density at radius 2 is 0.943 bits per heavy atom. The smallest absolute Gasteiger partial charge is 0.214 e. The van der Waals surface area contributed by atoms with Crippen molar-refractivity contribution in [1.82, 2.24) is 10.2 Å². The third-order valence-electron chi connectivity index (χ3n) is 15.4. The fourth-order valence-electron chi connectivity index (χ4n) is 14.9. The molecule has 3 saturated heterocycles. The van der Waals surface area contributed by atoms with Crippen molar-refractivity contribution in [1.29, 1.82) is 5.53 Å². The molecular weight excluding hydrogens is 670 g/mol. The zero-order chi connectivity index (χ0) is 35.7. The van der Waals surface area contributed by atoms with Crippen molar-refractivity contribution in [2.75, 3.05) is 66.1 Å². The highest BCUT2D eigenvalue weighted by Crippen LogP contribution is 2.59. The predicted molar refractivity (Wildman–Crippen MR) is 200 cm³/mol. The van der Waals surface area contributed by atoms with Crippen LogP contribution in [0.1, 0.15) is 116 Å². The van der Waals surface area contributed by atoms with E-state index in [0.717, 1.165) is 112 Å². The van der Waals surface area contributed by atoms with Gasteiger partial charge in [-0.15, -0.1) is 0 Å². The van der Waals surface area contributed by atoms with E-state index in [1.54, 1.807) is 0 Å². The van der Waals surface area contributed by atoms with Crippen molar-refractivity contribution in [3.05, 3.63) is 0 Å². The minimum atomic E-state index is 0.122. The highest BCUT2D eigenvalue weighted by Gasteiger charge is 2.55. The van der Waals surface area contributed by atoms with E-state index in [0.29, 0.717) is 18.8 Å². The molecule has 0 amide bonds. The Kier molecular flexibility index (Phi) is 11.3. The van der Waals surface area contributed by atoms with Crippen molar-refractivity contribution in [3.8, 4) is 0 Å². The molecule has 11 heteroatoms. The van der Waals surface area contributed by atoms with E-state index in [4.69, 9.17) is 38.9 Å². The molecule has 0 aromatic carbocycles. The highest BCUT2D eigenvalue weighted by atomic mass is 16.6. The van der Waals surface area contributed by atoms with Gasteiger partial charge in [-0.05, 0) is 169 Å². The lowest BCUT2D eigenvalue weighted by atomic mass is 9.53. The van der Waals surface area contributed by atoms with Crippen LogP contribution in [-0.4, -0.2) is 94.8 Å². The fourth-order valence-corrected chi connectivity index (χ4v) is 14.9. The van der Waals surface area contributed by atoms with E-state index in [9.17, 15) is 0 Å². The van der Waals surface area contributed by atoms with E-state index >= 15 is 0 Å². The third kappa shape index (κ3) is 8.92. The minimum absolute atomic E-state index is 0.122. The van der Waals surface area contributed by atoms with Crippen LogP contribution in [0.2, 0.25) is 0 Å². The number of ether oxygens (including phenoxy) is 6. The van der Waals surface area contributed by atoms with Gasteiger partial charge in [-0.3, -0.25) is 5.32 Å². The average molecular weight is 739 g/mol. The summed E-state index contributed by atoms with van der Waals surface area (Å²) >= 11 is 0. The van der Waals surface area contributed by atoms with Gasteiger partial charge in [-0.25, -0.2) is 4.99 Å². The van der Waals surface area contributed by atoms with E-state index in [1.165, 1.54) is 116 Å². The van der Waals surface area contributed by atoms with Crippen molar-refractivity contribution in [2.24, 2.45) is 63.4 Å². The van der Waals surface area contributed by atoms with Gasteiger partial charge in [-0.2, -0.15) is 0 Å². The lowest BCUT2D eigenvalue weighted by Crippen LogP contribution is -2.62. The molecule has 15 aliphatic rings. The molecule has 3 heterocycles. The Labute approximate surface area is 317 Å². The van der Waals surface area contributed by atoms with Gasteiger partial charge >= 0.3 is 0 Å². The van der Waals surface area contributed by atoms with Crippen molar-refractivity contribution >= 4 is 5.90 Å². The summed E-state index contributed by atoms with van der Waals surface area (Å²) in [6.45, 7) is 7.37. The molecular formula is C42H68N5O6+. The Morgan fingerprint density at radius 3 is 1.34 bits per heavy atom. The summed E-state index contributed by atoms with van der Waals surface area (Å²) in [6.07, 6.45) is 25.2. The van der Waals surface area contributed by atoms with Crippen LogP contribution in [0.25, 0.3) is 0 Å². The molecule has 3 aliphatic heterocycles. The van der Waals surface area contributed by atoms with Crippen LogP contribution in [0.4, 0.5) is 0 Å². The standard InChI is InChI=1S/C14H23NO2.C14H21NO2.C10H16N3.C4H8O2/c2*1-2-17-13(9-16-1)15-14-6-10-3-11(7-14)5-12(4-10)8-14;11-13-12-10-4-7-1-8(5-10)3-9(2-7)6-10;1-2-6-4-3-5-1/h10-13,15H,1-9H2;10-12H,1-9H2;7-9,11H,1-6H2;1-4H2/q;;+1;. The summed E-state index contributed by atoms with van der Waals surface area (Å²) in [7, 11) is 0. The van der Waals surface area contributed by atoms with Gasteiger partial charge < -0.3 is 28.4 Å². The summed E-state index contributed by atoms with van der Waals surface area (Å²) < 4.78 is 32.3. The number of nitrogens with one attached hydrogen (secondary N) is 2. The Hall–Kier alpha value is -1.46. The molecule has 0 spiro atoms. The van der Waals surface area contributed by atoms with Gasteiger partial charge in [-0.1, -0.05) is 0 Å². The molecule has 0 radical (unpaired) electrons. The number of hydrogen-bond donors (Lipinski definition) is 2. The Morgan fingerprint density at radius 1 is 0.509 bits per heavy atom. The molecule has 15 rings (SSSR count). The monoisotopic (exact) mass is 739 g/mol. The maximum Gasteiger partial charge on any atom is 0.214 e. The SMILES string of the molecule is C1COC(=NC23CC4CC(CC(C4)C2)C3)CO1.C1COC(NC23CC4CC(CC(C4)C2)C3)CO1.C1COCCO1.N=[N+]=NC12CC3CC(CC(C3)C1)C2. The number of nitrogens with zero attached hydrogens (tertiary/aromatic N) is 3. The first-order chi connectivity index (χ1) is 25.9. The maximum atomic E-state index is 6.90. The second-order valence-corrected chi connectivity index (χ2v) is 19.9. The van der Waals surface area contributed by atoms with E-state index in [-0.39, 0.29) is 17.3 Å². The lowest BCUT2D eigenvalue weighted by Gasteiger charge is -2.58. The minimum Gasteiger partial charge on any atom is -0.477 e. The molecule has 0 aromatic rings. The molecule has 53 heavy (non-hydrogen) atoms. The molecule has 1 atom stereocenters. The van der Waals surface area contributed by atoms with Crippen LogP contribution in [0.5, 0.6) is 0 Å². The van der Waals surface area contributed by atoms with Crippen LogP contribution >= 0.6 is 0 Å². The maximum absolute atomic E-state index is 6.90. The van der Waals surface area contributed by atoms with E-state index in [1.807, 2.05) is 0 Å². The van der Waals surface area contributed by atoms with Gasteiger partial charge in [0.05, 0.1) is 58.4 Å². The third-order valence-corrected chi connectivity index (χ3v) is 15.4. The summed E-state index contributed by atoms with van der Waals surface area (Å²) in [5.41, 5.74) is 7.66. The average Bonchev–Trinajstić information content (AvgIpc) is 3.12. The van der Waals surface area contributed by atoms with E-state index in [2.05, 4.69) is 15.3 Å². The van der Waals surface area contributed by atoms with Crippen molar-refractivity contribution in [2.45, 2.75) is 138 Å². The molecule has 15 fully saturated rings. The number of hydrogen-bond acceptors (Lipinski definition) is 10. The van der Waals surface area contributed by atoms with Crippen LogP contribution in [-0.2, 0) is 28.4 Å². The summed E-state index contributed by atoms with van der Waals surface area (Å²) in [5.74, 6) is 9.47. The lowest BCUT2D eigenvalue weighted by molar-refractivity contribution is -0.131. The van der Waals surface area contributed by atoms with Gasteiger partial charge in [0.15, 0.2) is 0 Å². The predicted octanol–water partition coefficient (Wildman–Crippen LogP) is 6.86. The zero-order valence-corrected chi connectivity index (χ0v) is 32.4. The van der Waals surface area contributed by atoms with Gasteiger partial charge in [0, 0.05) is 5.54 Å². The second kappa shape index (κ2) is 16.2. The summed E-state index contributed by atoms with van der Waals surface area (Å²) in [4.78, 5) is 8.30. The Balaban J connectivity index is 0.0000000984. The first-order valence-electron chi connectivity index (χ1n) is 21.9. The quantitative estimate of drug-likeness (QED) is 0.238. The molecule has 2 N–H and O–H groups in total. The number of rotatable bonds is 4. The zero-order valence-electron chi connectivity index (χ0n) is 32.4. The Bertz CT molecular complexity index is 1200. The van der Waals surface area contributed by atoms with Crippen LogP contribution in [0.3, 0.4) is 0 Å². The van der Waals surface area contributed by atoms with Crippen LogP contribution in [0.15, 0.2) is 10.1 Å². The fraction of sp³-hybridized carbons (Fsp3) is 0.976. The topological polar surface area (TPSA) is 130 Å². The van der Waals surface area contributed by atoms with Crippen molar-refractivity contribution < 1.29 is 28.4 Å². The highest BCUT2D eigenvalue weighted by molar-refractivity contribution is 5.78. The largest absolute Gasteiger partial charge is 0.477 e. The first kappa shape index (κ1) is 37.1. The summed E-state index contributed by atoms with van der Waals surface area (Å²) in [5, 5.41) is 8.02. The molecule has 12 bridgehead atoms. The van der Waals surface area contributed by atoms with Gasteiger partial charge in [0.25, 0.3) is 0 Å². The molecule has 296 valence electrons.